The van der Waals surface area contributed by atoms with E-state index in [4.69, 9.17) is 4.74 Å². The number of carbonyl (C=O) groups is 4. The maximum Gasteiger partial charge on any atom is 0.325 e. The number of para-hydroxylation sites is 1. The fourth-order valence-corrected chi connectivity index (χ4v) is 3.12. The molecule has 1 aromatic rings. The Morgan fingerprint density at radius 1 is 1.31 bits per heavy atom. The van der Waals surface area contributed by atoms with Crippen LogP contribution in [0.1, 0.15) is 25.8 Å². The third-order valence-corrected chi connectivity index (χ3v) is 4.23. The van der Waals surface area contributed by atoms with Crippen LogP contribution in [-0.2, 0) is 15.1 Å². The normalized spacial score (nSPS) is 21.3. The summed E-state index contributed by atoms with van der Waals surface area (Å²) in [6, 6.07) is 5.46. The zero-order valence-electron chi connectivity index (χ0n) is 14.5. The van der Waals surface area contributed by atoms with E-state index in [1.54, 1.807) is 38.1 Å². The molecule has 0 radical (unpaired) electrons. The van der Waals surface area contributed by atoms with E-state index in [0.29, 0.717) is 11.3 Å². The van der Waals surface area contributed by atoms with Crippen LogP contribution in [0.3, 0.4) is 0 Å². The zero-order valence-corrected chi connectivity index (χ0v) is 14.5. The average Bonchev–Trinajstić information content (AvgIpc) is 2.79. The van der Waals surface area contributed by atoms with Crippen molar-refractivity contribution < 1.29 is 23.9 Å². The molecule has 0 saturated carbocycles. The number of benzene rings is 1. The molecule has 0 bridgehead atoms. The van der Waals surface area contributed by atoms with Crippen molar-refractivity contribution >= 4 is 23.9 Å². The van der Waals surface area contributed by atoms with Crippen LogP contribution in [0.5, 0.6) is 5.75 Å². The highest BCUT2D eigenvalue weighted by Crippen LogP contribution is 2.40. The Balaban J connectivity index is 1.76. The van der Waals surface area contributed by atoms with Crippen LogP contribution < -0.4 is 20.7 Å². The number of nitrogens with one attached hydrogen (secondary N) is 3. The quantitative estimate of drug-likeness (QED) is 0.677. The highest BCUT2D eigenvalue weighted by atomic mass is 16.5. The number of imide groups is 2. The van der Waals surface area contributed by atoms with E-state index in [2.05, 4.69) is 16.0 Å². The van der Waals surface area contributed by atoms with Crippen LogP contribution in [0.2, 0.25) is 0 Å². The summed E-state index contributed by atoms with van der Waals surface area (Å²) in [4.78, 5) is 49.7. The van der Waals surface area contributed by atoms with Crippen molar-refractivity contribution in [1.82, 2.24) is 20.9 Å². The lowest BCUT2D eigenvalue weighted by Gasteiger charge is -2.33. The molecule has 1 atom stereocenters. The zero-order chi connectivity index (χ0) is 18.9. The second-order valence-electron chi connectivity index (χ2n) is 6.50. The van der Waals surface area contributed by atoms with Gasteiger partial charge in [0.05, 0.1) is 6.61 Å². The number of rotatable bonds is 3. The molecule has 3 rings (SSSR count). The first-order valence-electron chi connectivity index (χ1n) is 8.30. The number of hydrogen-bond donors (Lipinski definition) is 3. The lowest BCUT2D eigenvalue weighted by molar-refractivity contribution is -0.135. The van der Waals surface area contributed by atoms with Crippen molar-refractivity contribution in [2.45, 2.75) is 31.8 Å². The molecule has 6 amide bonds. The van der Waals surface area contributed by atoms with Crippen LogP contribution in [0.15, 0.2) is 24.3 Å². The van der Waals surface area contributed by atoms with Gasteiger partial charge in [-0.15, -0.1) is 0 Å². The van der Waals surface area contributed by atoms with Gasteiger partial charge in [0.2, 0.25) is 5.91 Å². The lowest BCUT2D eigenvalue weighted by atomic mass is 9.84. The van der Waals surface area contributed by atoms with E-state index in [0.717, 1.165) is 4.90 Å². The topological polar surface area (TPSA) is 117 Å². The van der Waals surface area contributed by atoms with Gasteiger partial charge >= 0.3 is 12.1 Å². The predicted octanol–water partition coefficient (Wildman–Crippen LogP) is 0.450. The van der Waals surface area contributed by atoms with Crippen LogP contribution in [0.4, 0.5) is 9.59 Å². The first kappa shape index (κ1) is 17.7. The SMILES string of the molecule is CC(C)NC(=O)NC(=O)CN1C(=O)N[C@@]2(CCOc3ccccc32)C1=O. The largest absolute Gasteiger partial charge is 0.493 e. The molecular formula is C17H20N4O5. The molecule has 1 spiro atoms. The van der Waals surface area contributed by atoms with Gasteiger partial charge in [0.25, 0.3) is 5.91 Å². The molecule has 2 heterocycles. The Kier molecular flexibility index (Phi) is 4.54. The van der Waals surface area contributed by atoms with Crippen LogP contribution >= 0.6 is 0 Å². The minimum atomic E-state index is -1.24. The molecular weight excluding hydrogens is 340 g/mol. The van der Waals surface area contributed by atoms with Gasteiger partial charge in [-0.3, -0.25) is 19.8 Å². The Morgan fingerprint density at radius 2 is 2.04 bits per heavy atom. The summed E-state index contributed by atoms with van der Waals surface area (Å²) in [7, 11) is 0. The standard InChI is InChI=1S/C17H20N4O5/c1-10(2)18-15(24)19-13(22)9-21-14(23)17(20-16(21)25)7-8-26-12-6-4-3-5-11(12)17/h3-6,10H,7-9H2,1-2H3,(H,20,25)(H2,18,19,22,24)/t17-/m1/s1. The molecule has 0 unspecified atom stereocenters. The molecule has 1 aromatic carbocycles. The van der Waals surface area contributed by atoms with E-state index in [1.165, 1.54) is 0 Å². The van der Waals surface area contributed by atoms with E-state index < -0.39 is 36.0 Å². The minimum Gasteiger partial charge on any atom is -0.493 e. The molecule has 1 fully saturated rings. The molecule has 9 heteroatoms. The Hall–Kier alpha value is -3.10. The van der Waals surface area contributed by atoms with Gasteiger partial charge in [-0.25, -0.2) is 9.59 Å². The summed E-state index contributed by atoms with van der Waals surface area (Å²) in [6.07, 6.45) is 0.264. The number of nitrogens with zero attached hydrogens (tertiary/aromatic N) is 1. The first-order chi connectivity index (χ1) is 12.3. The Morgan fingerprint density at radius 3 is 2.77 bits per heavy atom. The monoisotopic (exact) mass is 360 g/mol. The predicted molar refractivity (Wildman–Crippen MR) is 90.3 cm³/mol. The van der Waals surface area contributed by atoms with Gasteiger partial charge in [0.1, 0.15) is 12.3 Å². The van der Waals surface area contributed by atoms with Gasteiger partial charge < -0.3 is 15.4 Å². The summed E-state index contributed by atoms with van der Waals surface area (Å²) in [5, 5.41) is 7.29. The van der Waals surface area contributed by atoms with Crippen molar-refractivity contribution in [2.24, 2.45) is 0 Å². The van der Waals surface area contributed by atoms with E-state index >= 15 is 0 Å². The minimum absolute atomic E-state index is 0.151. The number of amides is 6. The fourth-order valence-electron chi connectivity index (χ4n) is 3.12. The van der Waals surface area contributed by atoms with Crippen LogP contribution in [-0.4, -0.2) is 48.0 Å². The summed E-state index contributed by atoms with van der Waals surface area (Å²) in [5.41, 5.74) is -0.683. The van der Waals surface area contributed by atoms with E-state index in [1.807, 2.05) is 0 Å². The van der Waals surface area contributed by atoms with Gasteiger partial charge in [-0.1, -0.05) is 18.2 Å². The molecule has 0 aliphatic carbocycles. The Labute approximate surface area is 150 Å². The summed E-state index contributed by atoms with van der Waals surface area (Å²) in [6.45, 7) is 3.21. The molecule has 0 aromatic heterocycles. The first-order valence-corrected chi connectivity index (χ1v) is 8.30. The number of carbonyl (C=O) groups excluding carboxylic acids is 4. The second kappa shape index (κ2) is 6.66. The Bertz CT molecular complexity index is 778. The smallest absolute Gasteiger partial charge is 0.325 e. The highest BCUT2D eigenvalue weighted by Gasteiger charge is 2.55. The van der Waals surface area contributed by atoms with Crippen LogP contribution in [0, 0.1) is 0 Å². The molecule has 1 saturated heterocycles. The number of hydrogen-bond acceptors (Lipinski definition) is 5. The number of fused-ring (bicyclic) bond motifs is 2. The maximum atomic E-state index is 13.0. The summed E-state index contributed by atoms with van der Waals surface area (Å²) < 4.78 is 5.55. The molecule has 9 nitrogen and oxygen atoms in total. The third kappa shape index (κ3) is 3.07. The fraction of sp³-hybridized carbons (Fsp3) is 0.412. The maximum absolute atomic E-state index is 13.0. The third-order valence-electron chi connectivity index (χ3n) is 4.23. The van der Waals surface area contributed by atoms with Gasteiger partial charge in [0, 0.05) is 18.0 Å². The molecule has 3 N–H and O–H groups in total. The van der Waals surface area contributed by atoms with E-state index in [-0.39, 0.29) is 19.1 Å². The van der Waals surface area contributed by atoms with Gasteiger partial charge in [0.15, 0.2) is 5.54 Å². The second-order valence-corrected chi connectivity index (χ2v) is 6.50. The summed E-state index contributed by atoms with van der Waals surface area (Å²) in [5.74, 6) is -0.753. The molecule has 26 heavy (non-hydrogen) atoms. The average molecular weight is 360 g/mol. The van der Waals surface area contributed by atoms with Crippen molar-refractivity contribution in [1.29, 1.82) is 0 Å². The molecule has 2 aliphatic heterocycles. The van der Waals surface area contributed by atoms with Crippen molar-refractivity contribution in [3.8, 4) is 5.75 Å². The van der Waals surface area contributed by atoms with Gasteiger partial charge in [-0.2, -0.15) is 0 Å². The van der Waals surface area contributed by atoms with Gasteiger partial charge in [-0.05, 0) is 19.9 Å². The number of urea groups is 2. The van der Waals surface area contributed by atoms with Crippen molar-refractivity contribution in [3.63, 3.8) is 0 Å². The van der Waals surface area contributed by atoms with E-state index in [9.17, 15) is 19.2 Å². The van der Waals surface area contributed by atoms with Crippen molar-refractivity contribution in [3.05, 3.63) is 29.8 Å². The lowest BCUT2D eigenvalue weighted by Crippen LogP contribution is -2.49. The molecule has 2 aliphatic rings. The summed E-state index contributed by atoms with van der Waals surface area (Å²) >= 11 is 0. The van der Waals surface area contributed by atoms with Crippen molar-refractivity contribution in [2.75, 3.05) is 13.2 Å². The van der Waals surface area contributed by atoms with Crippen LogP contribution in [0.25, 0.3) is 0 Å². The molecule has 138 valence electrons. The number of ether oxygens (including phenoxy) is 1. The highest BCUT2D eigenvalue weighted by molar-refractivity contribution is 6.10.